The molecule has 4 nitrogen and oxygen atoms in total. The monoisotopic (exact) mass is 290 g/mol. The molecule has 0 spiro atoms. The van der Waals surface area contributed by atoms with Crippen molar-refractivity contribution in [2.24, 2.45) is 0 Å². The zero-order valence-corrected chi connectivity index (χ0v) is 13.0. The highest BCUT2D eigenvalue weighted by Gasteiger charge is 2.21. The molecule has 116 valence electrons. The maximum absolute atomic E-state index is 12.0. The zero-order valence-electron chi connectivity index (χ0n) is 13.0. The van der Waals surface area contributed by atoms with Crippen LogP contribution >= 0.6 is 0 Å². The Morgan fingerprint density at radius 3 is 2.86 bits per heavy atom. The molecule has 0 bridgehead atoms. The predicted octanol–water partition coefficient (Wildman–Crippen LogP) is 2.62. The Kier molecular flexibility index (Phi) is 6.05. The van der Waals surface area contributed by atoms with Gasteiger partial charge in [-0.05, 0) is 32.3 Å². The Balaban J connectivity index is 1.86. The Bertz CT molecular complexity index is 458. The smallest absolute Gasteiger partial charge is 0.260 e. The van der Waals surface area contributed by atoms with Crippen molar-refractivity contribution in [3.63, 3.8) is 0 Å². The molecule has 1 aliphatic rings. The first-order valence-electron chi connectivity index (χ1n) is 7.96. The van der Waals surface area contributed by atoms with Crippen molar-refractivity contribution in [2.75, 3.05) is 6.54 Å². The van der Waals surface area contributed by atoms with Gasteiger partial charge >= 0.3 is 0 Å². The number of nitrogens with one attached hydrogen (secondary N) is 2. The van der Waals surface area contributed by atoms with Crippen molar-refractivity contribution in [2.45, 2.75) is 58.2 Å². The normalized spacial score (nSPS) is 15.5. The van der Waals surface area contributed by atoms with E-state index in [1.165, 1.54) is 12.8 Å². The second kappa shape index (κ2) is 8.03. The average Bonchev–Trinajstić information content (AvgIpc) is 3.30. The zero-order chi connectivity index (χ0) is 15.1. The van der Waals surface area contributed by atoms with Crippen molar-refractivity contribution in [1.82, 2.24) is 10.6 Å². The van der Waals surface area contributed by atoms with E-state index >= 15 is 0 Å². The fourth-order valence-corrected chi connectivity index (χ4v) is 2.08. The molecule has 1 atom stereocenters. The van der Waals surface area contributed by atoms with Gasteiger partial charge in [-0.3, -0.25) is 4.79 Å². The van der Waals surface area contributed by atoms with E-state index in [4.69, 9.17) is 4.74 Å². The van der Waals surface area contributed by atoms with Gasteiger partial charge in [-0.25, -0.2) is 0 Å². The summed E-state index contributed by atoms with van der Waals surface area (Å²) in [6.07, 6.45) is 4.13. The molecular formula is C17H26N2O2. The number of rotatable bonds is 9. The van der Waals surface area contributed by atoms with Crippen LogP contribution in [-0.4, -0.2) is 24.6 Å². The molecule has 1 amide bonds. The third kappa shape index (κ3) is 5.38. The Morgan fingerprint density at radius 2 is 2.14 bits per heavy atom. The van der Waals surface area contributed by atoms with Crippen molar-refractivity contribution >= 4 is 5.91 Å². The fraction of sp³-hybridized carbons (Fsp3) is 0.588. The van der Waals surface area contributed by atoms with Gasteiger partial charge in [0.15, 0.2) is 6.10 Å². The van der Waals surface area contributed by atoms with Crippen LogP contribution in [0.1, 0.15) is 45.1 Å². The van der Waals surface area contributed by atoms with Crippen LogP contribution in [0.4, 0.5) is 0 Å². The minimum Gasteiger partial charge on any atom is -0.481 e. The summed E-state index contributed by atoms with van der Waals surface area (Å²) in [5, 5.41) is 6.38. The van der Waals surface area contributed by atoms with Crippen LogP contribution in [0.5, 0.6) is 5.75 Å². The molecule has 0 radical (unpaired) electrons. The number of para-hydroxylation sites is 1. The van der Waals surface area contributed by atoms with E-state index in [0.29, 0.717) is 12.6 Å². The molecule has 1 aliphatic carbocycles. The third-order valence-corrected chi connectivity index (χ3v) is 3.63. The maximum Gasteiger partial charge on any atom is 0.260 e. The second-order valence-corrected chi connectivity index (χ2v) is 5.67. The Hall–Kier alpha value is -1.55. The summed E-state index contributed by atoms with van der Waals surface area (Å²) < 4.78 is 5.84. The number of carbonyl (C=O) groups excluding carboxylic acids is 1. The van der Waals surface area contributed by atoms with E-state index in [0.717, 1.165) is 30.7 Å². The molecule has 2 rings (SSSR count). The minimum absolute atomic E-state index is 0.0478. The van der Waals surface area contributed by atoms with Crippen LogP contribution in [0, 0.1) is 0 Å². The second-order valence-electron chi connectivity index (χ2n) is 5.67. The van der Waals surface area contributed by atoms with Crippen LogP contribution in [0.3, 0.4) is 0 Å². The van der Waals surface area contributed by atoms with Gasteiger partial charge in [0, 0.05) is 24.7 Å². The SMILES string of the molecule is CCCCNC(=O)C(C)Oc1ccccc1CNC1CC1. The van der Waals surface area contributed by atoms with Gasteiger partial charge in [0.25, 0.3) is 5.91 Å². The molecule has 4 heteroatoms. The van der Waals surface area contributed by atoms with E-state index in [9.17, 15) is 4.79 Å². The molecule has 2 N–H and O–H groups in total. The summed E-state index contributed by atoms with van der Waals surface area (Å²) in [7, 11) is 0. The Labute approximate surface area is 127 Å². The van der Waals surface area contributed by atoms with Crippen LogP contribution in [0.15, 0.2) is 24.3 Å². The van der Waals surface area contributed by atoms with E-state index in [-0.39, 0.29) is 5.91 Å². The van der Waals surface area contributed by atoms with Crippen molar-refractivity contribution in [3.8, 4) is 5.75 Å². The van der Waals surface area contributed by atoms with Crippen molar-refractivity contribution in [3.05, 3.63) is 29.8 Å². The molecular weight excluding hydrogens is 264 g/mol. The lowest BCUT2D eigenvalue weighted by atomic mass is 10.2. The quantitative estimate of drug-likeness (QED) is 0.687. The summed E-state index contributed by atoms with van der Waals surface area (Å²) in [4.78, 5) is 12.0. The number of unbranched alkanes of at least 4 members (excludes halogenated alkanes) is 1. The first kappa shape index (κ1) is 15.8. The molecule has 21 heavy (non-hydrogen) atoms. The lowest BCUT2D eigenvalue weighted by Gasteiger charge is -2.17. The molecule has 0 heterocycles. The summed E-state index contributed by atoms with van der Waals surface area (Å²) >= 11 is 0. The van der Waals surface area contributed by atoms with E-state index in [1.54, 1.807) is 6.92 Å². The number of benzene rings is 1. The summed E-state index contributed by atoms with van der Waals surface area (Å²) in [5.74, 6) is 0.747. The van der Waals surface area contributed by atoms with Gasteiger partial charge in [0.2, 0.25) is 0 Å². The minimum atomic E-state index is -0.469. The molecule has 1 saturated carbocycles. The highest BCUT2D eigenvalue weighted by atomic mass is 16.5. The van der Waals surface area contributed by atoms with E-state index in [1.807, 2.05) is 24.3 Å². The van der Waals surface area contributed by atoms with Crippen LogP contribution in [-0.2, 0) is 11.3 Å². The molecule has 1 aromatic carbocycles. The molecule has 1 aromatic rings. The number of ether oxygens (including phenoxy) is 1. The van der Waals surface area contributed by atoms with Gasteiger partial charge in [0.05, 0.1) is 0 Å². The summed E-state index contributed by atoms with van der Waals surface area (Å²) in [5.41, 5.74) is 1.11. The standard InChI is InChI=1S/C17H26N2O2/c1-3-4-11-18-17(20)13(2)21-16-8-6-5-7-14(16)12-19-15-9-10-15/h5-8,13,15,19H,3-4,9-12H2,1-2H3,(H,18,20). The number of carbonyl (C=O) groups is 1. The fourth-order valence-electron chi connectivity index (χ4n) is 2.08. The van der Waals surface area contributed by atoms with Crippen molar-refractivity contribution in [1.29, 1.82) is 0 Å². The lowest BCUT2D eigenvalue weighted by Crippen LogP contribution is -2.37. The summed E-state index contributed by atoms with van der Waals surface area (Å²) in [6, 6.07) is 8.58. The van der Waals surface area contributed by atoms with Crippen LogP contribution in [0.2, 0.25) is 0 Å². The van der Waals surface area contributed by atoms with Gasteiger partial charge in [-0.15, -0.1) is 0 Å². The molecule has 0 saturated heterocycles. The van der Waals surface area contributed by atoms with Gasteiger partial charge in [0.1, 0.15) is 5.75 Å². The summed E-state index contributed by atoms with van der Waals surface area (Å²) in [6.45, 7) is 5.42. The topological polar surface area (TPSA) is 50.4 Å². The number of hydrogen-bond donors (Lipinski definition) is 2. The van der Waals surface area contributed by atoms with E-state index < -0.39 is 6.10 Å². The first-order chi connectivity index (χ1) is 10.2. The third-order valence-electron chi connectivity index (χ3n) is 3.63. The van der Waals surface area contributed by atoms with Crippen LogP contribution < -0.4 is 15.4 Å². The van der Waals surface area contributed by atoms with Crippen LogP contribution in [0.25, 0.3) is 0 Å². The van der Waals surface area contributed by atoms with E-state index in [2.05, 4.69) is 17.6 Å². The van der Waals surface area contributed by atoms with Gasteiger partial charge in [-0.2, -0.15) is 0 Å². The molecule has 0 aliphatic heterocycles. The van der Waals surface area contributed by atoms with Gasteiger partial charge in [-0.1, -0.05) is 31.5 Å². The molecule has 0 aromatic heterocycles. The highest BCUT2D eigenvalue weighted by molar-refractivity contribution is 5.80. The number of hydrogen-bond acceptors (Lipinski definition) is 3. The predicted molar refractivity (Wildman–Crippen MR) is 84.3 cm³/mol. The number of amides is 1. The average molecular weight is 290 g/mol. The van der Waals surface area contributed by atoms with Crippen molar-refractivity contribution < 1.29 is 9.53 Å². The molecule has 1 fully saturated rings. The largest absolute Gasteiger partial charge is 0.481 e. The maximum atomic E-state index is 12.0. The Morgan fingerprint density at radius 1 is 1.38 bits per heavy atom. The highest BCUT2D eigenvalue weighted by Crippen LogP contribution is 2.23. The molecule has 1 unspecified atom stereocenters. The lowest BCUT2D eigenvalue weighted by molar-refractivity contribution is -0.127. The first-order valence-corrected chi connectivity index (χ1v) is 7.96. The van der Waals surface area contributed by atoms with Gasteiger partial charge < -0.3 is 15.4 Å².